The molecule has 114 valence electrons. The fourth-order valence-electron chi connectivity index (χ4n) is 1.75. The molecule has 0 aliphatic rings. The molecule has 0 bridgehead atoms. The van der Waals surface area contributed by atoms with Gasteiger partial charge in [-0.15, -0.1) is 0 Å². The van der Waals surface area contributed by atoms with Crippen LogP contribution < -0.4 is 5.32 Å². The van der Waals surface area contributed by atoms with Gasteiger partial charge in [-0.3, -0.25) is 0 Å². The van der Waals surface area contributed by atoms with Crippen molar-refractivity contribution in [2.45, 2.75) is 24.3 Å². The summed E-state index contributed by atoms with van der Waals surface area (Å²) in [4.78, 5) is 0.0169. The van der Waals surface area contributed by atoms with Crippen LogP contribution in [0.4, 0.5) is 4.39 Å². The maximum atomic E-state index is 13.1. The number of hydrogen-bond donors (Lipinski definition) is 1. The third kappa shape index (κ3) is 5.01. The lowest BCUT2D eigenvalue weighted by Gasteiger charge is -2.17. The predicted octanol–water partition coefficient (Wildman–Crippen LogP) is 2.27. The van der Waals surface area contributed by atoms with Gasteiger partial charge in [0.15, 0.2) is 9.84 Å². The van der Waals surface area contributed by atoms with Crippen LogP contribution in [0.15, 0.2) is 23.1 Å². The van der Waals surface area contributed by atoms with E-state index in [9.17, 15) is 12.8 Å². The second-order valence-corrected chi connectivity index (χ2v) is 6.91. The summed E-state index contributed by atoms with van der Waals surface area (Å²) in [5.41, 5.74) is 0. The van der Waals surface area contributed by atoms with Gasteiger partial charge in [0, 0.05) is 13.2 Å². The van der Waals surface area contributed by atoms with E-state index in [1.807, 2.05) is 6.92 Å². The van der Waals surface area contributed by atoms with Crippen molar-refractivity contribution in [1.29, 1.82) is 0 Å². The molecule has 1 atom stereocenters. The predicted molar refractivity (Wildman–Crippen MR) is 77.4 cm³/mol. The molecule has 0 saturated carbocycles. The Morgan fingerprint density at radius 3 is 2.70 bits per heavy atom. The molecule has 0 radical (unpaired) electrons. The van der Waals surface area contributed by atoms with Crippen LogP contribution in [0.2, 0.25) is 5.02 Å². The lowest BCUT2D eigenvalue weighted by molar-refractivity contribution is 0.173. The van der Waals surface area contributed by atoms with Crippen molar-refractivity contribution in [2.75, 3.05) is 26.0 Å². The van der Waals surface area contributed by atoms with Crippen molar-refractivity contribution in [1.82, 2.24) is 5.32 Å². The zero-order chi connectivity index (χ0) is 15.2. The third-order valence-electron chi connectivity index (χ3n) is 2.72. The number of methoxy groups -OCH3 is 1. The molecular formula is C13H19ClFNO3S. The molecule has 0 aliphatic heterocycles. The van der Waals surface area contributed by atoms with Crippen molar-refractivity contribution in [2.24, 2.45) is 0 Å². The number of rotatable bonds is 8. The largest absolute Gasteiger partial charge is 0.383 e. The van der Waals surface area contributed by atoms with E-state index in [4.69, 9.17) is 16.3 Å². The van der Waals surface area contributed by atoms with Gasteiger partial charge >= 0.3 is 0 Å². The van der Waals surface area contributed by atoms with Gasteiger partial charge in [-0.25, -0.2) is 12.8 Å². The summed E-state index contributed by atoms with van der Waals surface area (Å²) in [5.74, 6) is -0.758. The van der Waals surface area contributed by atoms with Crippen LogP contribution in [0.25, 0.3) is 0 Å². The van der Waals surface area contributed by atoms with Crippen molar-refractivity contribution in [3.8, 4) is 0 Å². The summed E-state index contributed by atoms with van der Waals surface area (Å²) in [7, 11) is -2.03. The molecular weight excluding hydrogens is 305 g/mol. The molecule has 0 aromatic heterocycles. The van der Waals surface area contributed by atoms with E-state index in [1.54, 1.807) is 0 Å². The van der Waals surface area contributed by atoms with E-state index in [-0.39, 0.29) is 28.3 Å². The Labute approximate surface area is 124 Å². The van der Waals surface area contributed by atoms with Gasteiger partial charge in [-0.05, 0) is 31.2 Å². The normalized spacial score (nSPS) is 13.4. The average Bonchev–Trinajstić information content (AvgIpc) is 2.39. The summed E-state index contributed by atoms with van der Waals surface area (Å²) >= 11 is 5.62. The standard InChI is InChI=1S/C13H19ClFNO3S/c1-3-6-16-10(8-19-2)9-20(17,18)11-4-5-13(15)12(14)7-11/h4-5,7,10,16H,3,6,8-9H2,1-2H3. The lowest BCUT2D eigenvalue weighted by atomic mass is 10.3. The minimum atomic E-state index is -3.54. The number of benzene rings is 1. The SMILES string of the molecule is CCCNC(COC)CS(=O)(=O)c1ccc(F)c(Cl)c1. The maximum absolute atomic E-state index is 13.1. The van der Waals surface area contributed by atoms with Gasteiger partial charge in [0.1, 0.15) is 5.82 Å². The Morgan fingerprint density at radius 2 is 2.15 bits per heavy atom. The van der Waals surface area contributed by atoms with Crippen LogP contribution >= 0.6 is 11.6 Å². The fraction of sp³-hybridized carbons (Fsp3) is 0.538. The minimum absolute atomic E-state index is 0.0169. The van der Waals surface area contributed by atoms with Gasteiger partial charge in [0.25, 0.3) is 0 Å². The topological polar surface area (TPSA) is 55.4 Å². The smallest absolute Gasteiger partial charge is 0.180 e. The second kappa shape index (κ2) is 7.93. The molecule has 1 aromatic rings. The Hall–Kier alpha value is -0.690. The quantitative estimate of drug-likeness (QED) is 0.746. The van der Waals surface area contributed by atoms with Crippen LogP contribution in [0.3, 0.4) is 0 Å². The lowest BCUT2D eigenvalue weighted by Crippen LogP contribution is -2.39. The first kappa shape index (κ1) is 17.4. The summed E-state index contributed by atoms with van der Waals surface area (Å²) in [6.45, 7) is 2.98. The van der Waals surface area contributed by atoms with E-state index in [0.717, 1.165) is 18.6 Å². The highest BCUT2D eigenvalue weighted by Crippen LogP contribution is 2.20. The molecule has 0 heterocycles. The second-order valence-electron chi connectivity index (χ2n) is 4.46. The highest BCUT2D eigenvalue weighted by molar-refractivity contribution is 7.91. The van der Waals surface area contributed by atoms with Gasteiger partial charge in [0.2, 0.25) is 0 Å². The molecule has 1 N–H and O–H groups in total. The Balaban J connectivity index is 2.87. The first-order chi connectivity index (χ1) is 9.40. The molecule has 0 spiro atoms. The highest BCUT2D eigenvalue weighted by atomic mass is 35.5. The number of halogens is 2. The van der Waals surface area contributed by atoms with Gasteiger partial charge in [0.05, 0.1) is 22.3 Å². The first-order valence-corrected chi connectivity index (χ1v) is 8.34. The van der Waals surface area contributed by atoms with Gasteiger partial charge < -0.3 is 10.1 Å². The molecule has 0 aliphatic carbocycles. The fourth-order valence-corrected chi connectivity index (χ4v) is 3.50. The van der Waals surface area contributed by atoms with Crippen LogP contribution in [-0.2, 0) is 14.6 Å². The molecule has 1 aromatic carbocycles. The minimum Gasteiger partial charge on any atom is -0.383 e. The van der Waals surface area contributed by atoms with Crippen molar-refractivity contribution in [3.05, 3.63) is 29.0 Å². The zero-order valence-corrected chi connectivity index (χ0v) is 13.1. The van der Waals surface area contributed by atoms with Gasteiger partial charge in [-0.2, -0.15) is 0 Å². The maximum Gasteiger partial charge on any atom is 0.180 e. The van der Waals surface area contributed by atoms with Crippen molar-refractivity contribution >= 4 is 21.4 Å². The first-order valence-electron chi connectivity index (χ1n) is 6.30. The van der Waals surface area contributed by atoms with Gasteiger partial charge in [-0.1, -0.05) is 18.5 Å². The van der Waals surface area contributed by atoms with E-state index >= 15 is 0 Å². The highest BCUT2D eigenvalue weighted by Gasteiger charge is 2.21. The number of nitrogens with one attached hydrogen (secondary N) is 1. The van der Waals surface area contributed by atoms with Crippen LogP contribution in [0.5, 0.6) is 0 Å². The van der Waals surface area contributed by atoms with Crippen LogP contribution in [-0.4, -0.2) is 40.5 Å². The molecule has 0 fully saturated rings. The number of hydrogen-bond acceptors (Lipinski definition) is 4. The summed E-state index contributed by atoms with van der Waals surface area (Å²) in [5, 5.41) is 2.91. The Kier molecular flexibility index (Phi) is 6.88. The number of ether oxygens (including phenoxy) is 1. The zero-order valence-electron chi connectivity index (χ0n) is 11.5. The molecule has 0 amide bonds. The van der Waals surface area contributed by atoms with Crippen LogP contribution in [0, 0.1) is 5.82 Å². The average molecular weight is 324 g/mol. The molecule has 20 heavy (non-hydrogen) atoms. The molecule has 0 saturated heterocycles. The molecule has 1 unspecified atom stereocenters. The van der Waals surface area contributed by atoms with E-state index in [2.05, 4.69) is 5.32 Å². The van der Waals surface area contributed by atoms with Crippen molar-refractivity contribution < 1.29 is 17.5 Å². The number of sulfone groups is 1. The van der Waals surface area contributed by atoms with Crippen LogP contribution in [0.1, 0.15) is 13.3 Å². The van der Waals surface area contributed by atoms with E-state index in [0.29, 0.717) is 6.54 Å². The summed E-state index contributed by atoms with van der Waals surface area (Å²) < 4.78 is 42.6. The Bertz CT molecular complexity index is 536. The molecule has 7 heteroatoms. The molecule has 1 rings (SSSR count). The molecule has 4 nitrogen and oxygen atoms in total. The Morgan fingerprint density at radius 1 is 1.45 bits per heavy atom. The third-order valence-corrected chi connectivity index (χ3v) is 4.82. The monoisotopic (exact) mass is 323 g/mol. The summed E-state index contributed by atoms with van der Waals surface area (Å²) in [6, 6.07) is 3.10. The van der Waals surface area contributed by atoms with Crippen molar-refractivity contribution in [3.63, 3.8) is 0 Å². The summed E-state index contributed by atoms with van der Waals surface area (Å²) in [6.07, 6.45) is 0.892. The van der Waals surface area contributed by atoms with E-state index in [1.165, 1.54) is 13.2 Å². The van der Waals surface area contributed by atoms with E-state index < -0.39 is 15.7 Å².